The number of sulfonamides is 1. The molecule has 3 rings (SSSR count). The van der Waals surface area contributed by atoms with Gasteiger partial charge in [0.2, 0.25) is 15.9 Å². The van der Waals surface area contributed by atoms with Crippen LogP contribution in [0.2, 0.25) is 0 Å². The molecular weight excluding hydrogens is 420 g/mol. The molecule has 0 spiro atoms. The second-order valence-corrected chi connectivity index (χ2v) is 9.39. The van der Waals surface area contributed by atoms with E-state index in [1.165, 1.54) is 28.6 Å². The van der Waals surface area contributed by atoms with Gasteiger partial charge in [0.05, 0.1) is 27.6 Å². The topological polar surface area (TPSA) is 122 Å². The summed E-state index contributed by atoms with van der Waals surface area (Å²) in [6.07, 6.45) is 3.84. The van der Waals surface area contributed by atoms with Gasteiger partial charge in [-0.15, -0.1) is 0 Å². The second kappa shape index (κ2) is 9.88. The number of rotatable bonds is 7. The van der Waals surface area contributed by atoms with E-state index in [1.54, 1.807) is 25.1 Å². The number of hydrogen-bond acceptors (Lipinski definition) is 6. The number of nitrogens with zero attached hydrogens (tertiary/aromatic N) is 2. The molecule has 0 aliphatic carbocycles. The SMILES string of the molecule is Cc1c(NC(=O)CNc2ccc(S(=O)(=O)N3CCCCCC3)cc2)cccc1[N+](=O)[O-]. The number of nitrogens with one attached hydrogen (secondary N) is 2. The predicted molar refractivity (Wildman–Crippen MR) is 119 cm³/mol. The van der Waals surface area contributed by atoms with Crippen molar-refractivity contribution in [2.45, 2.75) is 37.5 Å². The Morgan fingerprint density at radius 1 is 1.06 bits per heavy atom. The zero-order valence-electron chi connectivity index (χ0n) is 17.3. The van der Waals surface area contributed by atoms with Crippen molar-refractivity contribution in [3.05, 3.63) is 58.1 Å². The first-order valence-electron chi connectivity index (χ1n) is 10.2. The largest absolute Gasteiger partial charge is 0.376 e. The Labute approximate surface area is 181 Å². The molecule has 0 aromatic heterocycles. The van der Waals surface area contributed by atoms with Gasteiger partial charge in [-0.2, -0.15) is 4.31 Å². The summed E-state index contributed by atoms with van der Waals surface area (Å²) in [5, 5.41) is 16.6. The molecule has 2 aromatic carbocycles. The van der Waals surface area contributed by atoms with Crippen molar-refractivity contribution in [2.24, 2.45) is 0 Å². The van der Waals surface area contributed by atoms with Crippen molar-refractivity contribution in [1.82, 2.24) is 4.31 Å². The lowest BCUT2D eigenvalue weighted by atomic mass is 10.1. The first kappa shape index (κ1) is 22.7. The van der Waals surface area contributed by atoms with E-state index >= 15 is 0 Å². The molecule has 9 nitrogen and oxygen atoms in total. The van der Waals surface area contributed by atoms with Gasteiger partial charge < -0.3 is 10.6 Å². The summed E-state index contributed by atoms with van der Waals surface area (Å²) in [4.78, 5) is 23.0. The number of anilines is 2. The maximum atomic E-state index is 12.8. The fraction of sp³-hybridized carbons (Fsp3) is 0.381. The third kappa shape index (κ3) is 5.59. The third-order valence-corrected chi connectivity index (χ3v) is 7.20. The Hall–Kier alpha value is -2.98. The molecule has 0 atom stereocenters. The van der Waals surface area contributed by atoms with Gasteiger partial charge in [0, 0.05) is 24.8 Å². The molecule has 1 fully saturated rings. The van der Waals surface area contributed by atoms with Crippen molar-refractivity contribution in [3.8, 4) is 0 Å². The molecule has 166 valence electrons. The van der Waals surface area contributed by atoms with Crippen LogP contribution in [0, 0.1) is 17.0 Å². The molecule has 1 saturated heterocycles. The first-order valence-corrected chi connectivity index (χ1v) is 11.6. The lowest BCUT2D eigenvalue weighted by Gasteiger charge is -2.20. The molecule has 10 heteroatoms. The minimum Gasteiger partial charge on any atom is -0.376 e. The Balaban J connectivity index is 1.60. The van der Waals surface area contributed by atoms with Crippen LogP contribution < -0.4 is 10.6 Å². The zero-order chi connectivity index (χ0) is 22.4. The highest BCUT2D eigenvalue weighted by Crippen LogP contribution is 2.25. The Bertz CT molecular complexity index is 1050. The molecule has 1 heterocycles. The van der Waals surface area contributed by atoms with Crippen LogP contribution in [0.3, 0.4) is 0 Å². The fourth-order valence-electron chi connectivity index (χ4n) is 3.51. The molecule has 1 aliphatic heterocycles. The van der Waals surface area contributed by atoms with E-state index in [1.807, 2.05) is 0 Å². The number of nitro benzene ring substituents is 1. The highest BCUT2D eigenvalue weighted by molar-refractivity contribution is 7.89. The van der Waals surface area contributed by atoms with Crippen LogP contribution in [-0.4, -0.2) is 43.2 Å². The van der Waals surface area contributed by atoms with Gasteiger partial charge in [0.15, 0.2) is 0 Å². The summed E-state index contributed by atoms with van der Waals surface area (Å²) in [5.41, 5.74) is 1.29. The number of nitro groups is 1. The molecule has 31 heavy (non-hydrogen) atoms. The van der Waals surface area contributed by atoms with Crippen molar-refractivity contribution in [3.63, 3.8) is 0 Å². The van der Waals surface area contributed by atoms with E-state index in [9.17, 15) is 23.3 Å². The Morgan fingerprint density at radius 2 is 1.71 bits per heavy atom. The minimum absolute atomic E-state index is 0.0630. The zero-order valence-corrected chi connectivity index (χ0v) is 18.2. The van der Waals surface area contributed by atoms with E-state index in [4.69, 9.17) is 0 Å². The van der Waals surface area contributed by atoms with Crippen LogP contribution >= 0.6 is 0 Å². The number of hydrogen-bond donors (Lipinski definition) is 2. The van der Waals surface area contributed by atoms with Gasteiger partial charge in [-0.05, 0) is 50.1 Å². The lowest BCUT2D eigenvalue weighted by molar-refractivity contribution is -0.385. The van der Waals surface area contributed by atoms with Gasteiger partial charge in [-0.25, -0.2) is 8.42 Å². The van der Waals surface area contributed by atoms with E-state index in [2.05, 4.69) is 10.6 Å². The van der Waals surface area contributed by atoms with Crippen LogP contribution in [0.5, 0.6) is 0 Å². The second-order valence-electron chi connectivity index (χ2n) is 7.45. The van der Waals surface area contributed by atoms with Crippen LogP contribution in [0.15, 0.2) is 47.4 Å². The third-order valence-electron chi connectivity index (χ3n) is 5.29. The van der Waals surface area contributed by atoms with E-state index in [-0.39, 0.29) is 23.0 Å². The summed E-state index contributed by atoms with van der Waals surface area (Å²) < 4.78 is 27.2. The number of carbonyl (C=O) groups excluding carboxylic acids is 1. The molecule has 1 amide bonds. The van der Waals surface area contributed by atoms with Crippen molar-refractivity contribution in [2.75, 3.05) is 30.3 Å². The van der Waals surface area contributed by atoms with Gasteiger partial charge in [0.1, 0.15) is 0 Å². The average Bonchev–Trinajstić information content (AvgIpc) is 3.04. The standard InChI is InChI=1S/C21H26N4O5S/c1-16-19(7-6-8-20(16)25(27)28)23-21(26)15-22-17-9-11-18(12-10-17)31(29,30)24-13-4-2-3-5-14-24/h6-12,22H,2-5,13-15H2,1H3,(H,23,26). The van der Waals surface area contributed by atoms with Crippen molar-refractivity contribution < 1.29 is 18.1 Å². The summed E-state index contributed by atoms with van der Waals surface area (Å²) >= 11 is 0. The van der Waals surface area contributed by atoms with Crippen LogP contribution in [0.1, 0.15) is 31.2 Å². The van der Waals surface area contributed by atoms with E-state index in [0.717, 1.165) is 25.7 Å². The summed E-state index contributed by atoms with van der Waals surface area (Å²) in [6.45, 7) is 2.59. The Kier molecular flexibility index (Phi) is 7.24. The maximum absolute atomic E-state index is 12.8. The van der Waals surface area contributed by atoms with Crippen LogP contribution in [0.4, 0.5) is 17.1 Å². The number of benzene rings is 2. The van der Waals surface area contributed by atoms with Gasteiger partial charge >= 0.3 is 0 Å². The fourth-order valence-corrected chi connectivity index (χ4v) is 5.03. The molecule has 2 aromatic rings. The van der Waals surface area contributed by atoms with Crippen molar-refractivity contribution in [1.29, 1.82) is 0 Å². The normalized spacial score (nSPS) is 15.1. The van der Waals surface area contributed by atoms with Gasteiger partial charge in [0.25, 0.3) is 5.69 Å². The quantitative estimate of drug-likeness (QED) is 0.496. The highest BCUT2D eigenvalue weighted by atomic mass is 32.2. The summed E-state index contributed by atoms with van der Waals surface area (Å²) in [6, 6.07) is 10.8. The lowest BCUT2D eigenvalue weighted by Crippen LogP contribution is -2.31. The molecular formula is C21H26N4O5S. The molecule has 2 N–H and O–H groups in total. The Morgan fingerprint density at radius 3 is 2.32 bits per heavy atom. The van der Waals surface area contributed by atoms with E-state index in [0.29, 0.717) is 30.0 Å². The first-order chi connectivity index (χ1) is 14.8. The van der Waals surface area contributed by atoms with Crippen LogP contribution in [0.25, 0.3) is 0 Å². The maximum Gasteiger partial charge on any atom is 0.274 e. The molecule has 0 unspecified atom stereocenters. The highest BCUT2D eigenvalue weighted by Gasteiger charge is 2.25. The van der Waals surface area contributed by atoms with Crippen LogP contribution in [-0.2, 0) is 14.8 Å². The van der Waals surface area contributed by atoms with Gasteiger partial charge in [-0.3, -0.25) is 14.9 Å². The smallest absolute Gasteiger partial charge is 0.274 e. The van der Waals surface area contributed by atoms with Gasteiger partial charge in [-0.1, -0.05) is 18.9 Å². The predicted octanol–water partition coefficient (Wildman–Crippen LogP) is 3.52. The van der Waals surface area contributed by atoms with Crippen molar-refractivity contribution >= 4 is 33.0 Å². The monoisotopic (exact) mass is 446 g/mol. The molecule has 0 saturated carbocycles. The van der Waals surface area contributed by atoms with E-state index < -0.39 is 14.9 Å². The molecule has 1 aliphatic rings. The minimum atomic E-state index is -3.52. The summed E-state index contributed by atoms with van der Waals surface area (Å²) in [7, 11) is -3.52. The summed E-state index contributed by atoms with van der Waals surface area (Å²) in [5.74, 6) is -0.370. The molecule has 0 bridgehead atoms. The number of carbonyl (C=O) groups is 1. The average molecular weight is 447 g/mol. The number of amides is 1. The molecule has 0 radical (unpaired) electrons.